The molecule has 0 radical (unpaired) electrons. The number of nitrogens with one attached hydrogen (secondary N) is 3. The Morgan fingerprint density at radius 3 is 2.52 bits per heavy atom. The Labute approximate surface area is 258 Å². The van der Waals surface area contributed by atoms with Crippen molar-refractivity contribution in [3.8, 4) is 5.75 Å². The molecule has 0 unspecified atom stereocenters. The zero-order chi connectivity index (χ0) is 31.1. The molecule has 1 heterocycles. The first-order valence-electron chi connectivity index (χ1n) is 16.1. The van der Waals surface area contributed by atoms with Crippen LogP contribution >= 0.6 is 0 Å². The van der Waals surface area contributed by atoms with E-state index >= 15 is 0 Å². The molecule has 2 saturated carbocycles. The van der Waals surface area contributed by atoms with Crippen molar-refractivity contribution < 1.29 is 24.9 Å². The molecule has 236 valence electrons. The fraction of sp³-hybridized carbons (Fsp3) is 0.514. The Hall–Kier alpha value is -3.69. The van der Waals surface area contributed by atoms with Crippen molar-refractivity contribution in [1.82, 2.24) is 15.6 Å². The highest BCUT2D eigenvalue weighted by Crippen LogP contribution is 2.40. The van der Waals surface area contributed by atoms with E-state index in [0.717, 1.165) is 75.5 Å². The normalized spacial score (nSPS) is 20.7. The van der Waals surface area contributed by atoms with E-state index in [4.69, 9.17) is 0 Å². The molecule has 0 spiro atoms. The van der Waals surface area contributed by atoms with E-state index in [2.05, 4.69) is 15.6 Å². The number of H-pyrrole nitrogens is 1. The number of rotatable bonds is 12. The molecule has 3 aromatic rings. The van der Waals surface area contributed by atoms with Gasteiger partial charge in [-0.15, -0.1) is 0 Å². The van der Waals surface area contributed by atoms with Crippen molar-refractivity contribution in [1.29, 1.82) is 0 Å². The number of phenolic OH excluding ortho intramolecular Hbond substituents is 1. The molecule has 0 aliphatic heterocycles. The molecule has 9 nitrogen and oxygen atoms in total. The second kappa shape index (κ2) is 14.4. The van der Waals surface area contributed by atoms with E-state index in [9.17, 15) is 29.7 Å². The average Bonchev–Trinajstić information content (AvgIpc) is 3.02. The van der Waals surface area contributed by atoms with Crippen LogP contribution in [0.1, 0.15) is 93.4 Å². The highest BCUT2D eigenvalue weighted by atomic mass is 16.4. The third-order valence-corrected chi connectivity index (χ3v) is 9.71. The molecule has 0 bridgehead atoms. The smallest absolute Gasteiger partial charge is 0.314 e. The maximum atomic E-state index is 12.7. The van der Waals surface area contributed by atoms with Crippen LogP contribution in [0.4, 0.5) is 0 Å². The molecule has 2 fully saturated rings. The van der Waals surface area contributed by atoms with E-state index in [0.29, 0.717) is 48.2 Å². The maximum Gasteiger partial charge on any atom is 0.314 e. The predicted molar refractivity (Wildman–Crippen MR) is 170 cm³/mol. The molecule has 2 aliphatic carbocycles. The summed E-state index contributed by atoms with van der Waals surface area (Å²) in [7, 11) is 0. The second-order valence-electron chi connectivity index (χ2n) is 12.7. The second-order valence-corrected chi connectivity index (χ2v) is 12.7. The summed E-state index contributed by atoms with van der Waals surface area (Å²) >= 11 is 0. The number of carbonyl (C=O) groups excluding carboxylic acids is 1. The number of pyridine rings is 1. The Kier molecular flexibility index (Phi) is 10.4. The van der Waals surface area contributed by atoms with Crippen LogP contribution in [0.5, 0.6) is 5.75 Å². The summed E-state index contributed by atoms with van der Waals surface area (Å²) in [6, 6.07) is 14.3. The third-order valence-electron chi connectivity index (χ3n) is 9.71. The molecule has 44 heavy (non-hydrogen) atoms. The fourth-order valence-electron chi connectivity index (χ4n) is 7.15. The summed E-state index contributed by atoms with van der Waals surface area (Å²) in [6.45, 7) is 1.13. The lowest BCUT2D eigenvalue weighted by Crippen LogP contribution is -2.39. The molecule has 1 aromatic heterocycles. The minimum atomic E-state index is -0.785. The predicted octanol–water partition coefficient (Wildman–Crippen LogP) is 4.84. The quantitative estimate of drug-likeness (QED) is 0.173. The fourth-order valence-corrected chi connectivity index (χ4v) is 7.15. The van der Waals surface area contributed by atoms with Gasteiger partial charge in [0, 0.05) is 30.5 Å². The number of carboxylic acids is 1. The largest absolute Gasteiger partial charge is 0.506 e. The van der Waals surface area contributed by atoms with Crippen molar-refractivity contribution in [2.45, 2.75) is 94.6 Å². The van der Waals surface area contributed by atoms with Gasteiger partial charge in [-0.3, -0.25) is 14.4 Å². The van der Waals surface area contributed by atoms with E-state index < -0.39 is 17.5 Å². The molecule has 1 amide bonds. The lowest BCUT2D eigenvalue weighted by Gasteiger charge is -2.34. The van der Waals surface area contributed by atoms with Gasteiger partial charge in [-0.25, -0.2) is 0 Å². The first-order valence-corrected chi connectivity index (χ1v) is 16.1. The van der Waals surface area contributed by atoms with E-state index in [1.54, 1.807) is 12.1 Å². The minimum absolute atomic E-state index is 0.0272. The van der Waals surface area contributed by atoms with Crippen molar-refractivity contribution in [2.24, 2.45) is 5.92 Å². The molecule has 2 aromatic carbocycles. The van der Waals surface area contributed by atoms with E-state index in [1.165, 1.54) is 12.1 Å². The van der Waals surface area contributed by atoms with Crippen molar-refractivity contribution >= 4 is 22.8 Å². The van der Waals surface area contributed by atoms with Gasteiger partial charge in [0.15, 0.2) is 0 Å². The number of aliphatic hydroxyl groups excluding tert-OH is 1. The molecule has 0 saturated heterocycles. The number of hydrogen-bond acceptors (Lipinski definition) is 6. The van der Waals surface area contributed by atoms with Crippen molar-refractivity contribution in [3.05, 3.63) is 75.6 Å². The number of benzene rings is 2. The van der Waals surface area contributed by atoms with E-state index in [-0.39, 0.29) is 23.3 Å². The van der Waals surface area contributed by atoms with Gasteiger partial charge in [0.25, 0.3) is 0 Å². The summed E-state index contributed by atoms with van der Waals surface area (Å²) in [4.78, 5) is 39.2. The third kappa shape index (κ3) is 7.50. The molecule has 9 heteroatoms. The number of aryl methyl sites for hydroxylation is 1. The topological polar surface area (TPSA) is 152 Å². The number of aromatic nitrogens is 1. The van der Waals surface area contributed by atoms with Crippen molar-refractivity contribution in [2.75, 3.05) is 13.1 Å². The van der Waals surface area contributed by atoms with Crippen molar-refractivity contribution in [3.63, 3.8) is 0 Å². The minimum Gasteiger partial charge on any atom is -0.506 e. The number of aliphatic hydroxyl groups is 1. The number of aromatic amines is 1. The molecule has 2 aliphatic rings. The number of aromatic hydroxyl groups is 1. The summed E-state index contributed by atoms with van der Waals surface area (Å²) in [6.07, 6.45) is 9.35. The number of amides is 1. The zero-order valence-electron chi connectivity index (χ0n) is 25.3. The van der Waals surface area contributed by atoms with Crippen LogP contribution in [-0.2, 0) is 21.4 Å². The molecule has 1 atom stereocenters. The van der Waals surface area contributed by atoms with Crippen LogP contribution in [0, 0.1) is 5.92 Å². The number of fused-ring (bicyclic) bond motifs is 1. The van der Waals surface area contributed by atoms with Crippen LogP contribution in [0.2, 0.25) is 0 Å². The number of aliphatic carboxylic acids is 1. The maximum absolute atomic E-state index is 12.7. The Balaban J connectivity index is 1.01. The monoisotopic (exact) mass is 603 g/mol. The van der Waals surface area contributed by atoms with Gasteiger partial charge in [-0.2, -0.15) is 0 Å². The SMILES string of the molecule is O=C(CCCc1cccc(C2(C(=O)O)CCCCC2)c1)NC1CCC(CNC[C@H](O)c2ccc(O)c3[nH]c(=O)ccc23)CC1. The van der Waals surface area contributed by atoms with Crippen LogP contribution in [-0.4, -0.2) is 51.3 Å². The van der Waals surface area contributed by atoms with E-state index in [1.807, 2.05) is 24.3 Å². The standard InChI is InChI=1S/C35H45N3O6/c39-29-16-14-27(28-15-17-32(42)38-33(28)29)30(40)22-36-21-24-10-12-26(13-11-24)37-31(41)9-5-7-23-6-4-8-25(20-23)35(34(43)44)18-2-1-3-19-35/h4,6,8,14-17,20,24,26,30,36,39-40H,1-3,5,7,9-13,18-19,21-22H2,(H,37,41)(H,38,42)(H,43,44)/t24?,26?,30-/m0/s1. The van der Waals surface area contributed by atoms with Gasteiger partial charge < -0.3 is 30.9 Å². The van der Waals surface area contributed by atoms with Crippen LogP contribution < -0.4 is 16.2 Å². The van der Waals surface area contributed by atoms with Gasteiger partial charge in [0.05, 0.1) is 17.0 Å². The molecule has 6 N–H and O–H groups in total. The number of hydrogen-bond donors (Lipinski definition) is 6. The van der Waals surface area contributed by atoms with Crippen LogP contribution in [0.3, 0.4) is 0 Å². The van der Waals surface area contributed by atoms with Gasteiger partial charge in [0.1, 0.15) is 5.75 Å². The first-order chi connectivity index (χ1) is 21.2. The Bertz CT molecular complexity index is 1500. The summed E-state index contributed by atoms with van der Waals surface area (Å²) in [5.41, 5.74) is 1.88. The van der Waals surface area contributed by atoms with Gasteiger partial charge in [-0.05, 0) is 92.7 Å². The number of carboxylic acid groups (broad SMARTS) is 1. The summed E-state index contributed by atoms with van der Waals surface area (Å²) in [5.74, 6) is -0.212. The lowest BCUT2D eigenvalue weighted by atomic mass is 9.69. The van der Waals surface area contributed by atoms with Gasteiger partial charge >= 0.3 is 5.97 Å². The van der Waals surface area contributed by atoms with Crippen LogP contribution in [0.25, 0.3) is 10.9 Å². The van der Waals surface area contributed by atoms with Gasteiger partial charge in [-0.1, -0.05) is 49.6 Å². The highest BCUT2D eigenvalue weighted by molar-refractivity contribution is 5.87. The molecular formula is C35H45N3O6. The summed E-state index contributed by atoms with van der Waals surface area (Å²) < 4.78 is 0. The highest BCUT2D eigenvalue weighted by Gasteiger charge is 2.41. The Morgan fingerprint density at radius 1 is 1.00 bits per heavy atom. The lowest BCUT2D eigenvalue weighted by molar-refractivity contribution is -0.145. The molecular weight excluding hydrogens is 558 g/mol. The number of phenols is 1. The Morgan fingerprint density at radius 2 is 1.77 bits per heavy atom. The zero-order valence-corrected chi connectivity index (χ0v) is 25.3. The number of carbonyl (C=O) groups is 2. The summed E-state index contributed by atoms with van der Waals surface area (Å²) in [5, 5.41) is 38.1. The van der Waals surface area contributed by atoms with Gasteiger partial charge in [0.2, 0.25) is 11.5 Å². The van der Waals surface area contributed by atoms with Crippen LogP contribution in [0.15, 0.2) is 53.3 Å². The molecule has 5 rings (SSSR count). The average molecular weight is 604 g/mol. The first kappa shape index (κ1) is 31.7.